The van der Waals surface area contributed by atoms with Crippen molar-refractivity contribution in [3.05, 3.63) is 33.2 Å². The summed E-state index contributed by atoms with van der Waals surface area (Å²) in [5, 5.41) is 3.39. The van der Waals surface area contributed by atoms with Crippen LogP contribution in [0.3, 0.4) is 0 Å². The zero-order valence-corrected chi connectivity index (χ0v) is 13.5. The molecule has 4 nitrogen and oxygen atoms in total. The molecule has 116 valence electrons. The van der Waals surface area contributed by atoms with E-state index in [1.54, 1.807) is 0 Å². The van der Waals surface area contributed by atoms with E-state index in [-0.39, 0.29) is 5.56 Å². The van der Waals surface area contributed by atoms with Crippen molar-refractivity contribution in [2.45, 2.75) is 65.2 Å². The van der Waals surface area contributed by atoms with Gasteiger partial charge in [-0.05, 0) is 31.0 Å². The Balaban J connectivity index is 1.98. The van der Waals surface area contributed by atoms with Crippen molar-refractivity contribution < 1.29 is 0 Å². The van der Waals surface area contributed by atoms with Gasteiger partial charge in [-0.25, -0.2) is 0 Å². The van der Waals surface area contributed by atoms with Crippen LogP contribution in [0.15, 0.2) is 10.9 Å². The number of pyridine rings is 1. The second-order valence-corrected chi connectivity index (χ2v) is 6.70. The van der Waals surface area contributed by atoms with Gasteiger partial charge in [0.1, 0.15) is 0 Å². The lowest BCUT2D eigenvalue weighted by atomic mass is 10.0. The highest BCUT2D eigenvalue weighted by Gasteiger charge is 2.30. The summed E-state index contributed by atoms with van der Waals surface area (Å²) < 4.78 is 2.12. The van der Waals surface area contributed by atoms with Crippen molar-refractivity contribution in [1.29, 1.82) is 0 Å². The number of likely N-dealkylation sites (N-methyl/N-ethyl adjacent to an activating group) is 1. The van der Waals surface area contributed by atoms with Crippen LogP contribution >= 0.6 is 0 Å². The zero-order chi connectivity index (χ0) is 15.0. The maximum Gasteiger partial charge on any atom is 0.255 e. The van der Waals surface area contributed by atoms with Gasteiger partial charge in [0.25, 0.3) is 5.56 Å². The third-order valence-electron chi connectivity index (χ3n) is 4.62. The molecule has 0 bridgehead atoms. The molecule has 0 aromatic carbocycles. The molecule has 21 heavy (non-hydrogen) atoms. The molecule has 1 aromatic rings. The van der Waals surface area contributed by atoms with Gasteiger partial charge in [-0.15, -0.1) is 0 Å². The lowest BCUT2D eigenvalue weighted by Crippen LogP contribution is -2.37. The molecule has 2 heterocycles. The fourth-order valence-electron chi connectivity index (χ4n) is 3.22. The lowest BCUT2D eigenvalue weighted by Gasteiger charge is -2.30. The Hall–Kier alpha value is -1.13. The second-order valence-electron chi connectivity index (χ2n) is 6.70. The maximum atomic E-state index is 12.8. The molecule has 0 radical (unpaired) electrons. The summed E-state index contributed by atoms with van der Waals surface area (Å²) in [6, 6.07) is 3.04. The number of rotatable bonds is 5. The van der Waals surface area contributed by atoms with Gasteiger partial charge < -0.3 is 9.88 Å². The normalized spacial score (nSPS) is 19.0. The first-order chi connectivity index (χ1) is 10.1. The molecule has 1 fully saturated rings. The predicted octanol–water partition coefficient (Wildman–Crippen LogP) is 2.06. The van der Waals surface area contributed by atoms with Gasteiger partial charge in [0.2, 0.25) is 0 Å². The Morgan fingerprint density at radius 2 is 2.14 bits per heavy atom. The molecule has 1 N–H and O–H groups in total. The van der Waals surface area contributed by atoms with Gasteiger partial charge in [-0.3, -0.25) is 9.69 Å². The Morgan fingerprint density at radius 3 is 2.76 bits per heavy atom. The van der Waals surface area contributed by atoms with Crippen LogP contribution in [0.5, 0.6) is 0 Å². The van der Waals surface area contributed by atoms with Crippen molar-refractivity contribution in [1.82, 2.24) is 14.8 Å². The number of hydrogen-bond acceptors (Lipinski definition) is 3. The van der Waals surface area contributed by atoms with E-state index in [9.17, 15) is 4.79 Å². The van der Waals surface area contributed by atoms with Crippen LogP contribution in [0.25, 0.3) is 0 Å². The molecule has 1 aliphatic heterocycles. The van der Waals surface area contributed by atoms with Crippen LogP contribution in [-0.2, 0) is 19.5 Å². The fourth-order valence-corrected chi connectivity index (χ4v) is 3.22. The van der Waals surface area contributed by atoms with E-state index in [4.69, 9.17) is 0 Å². The van der Waals surface area contributed by atoms with E-state index in [0.717, 1.165) is 31.6 Å². The SMILES string of the molecule is CCN1CCc2c(cc(CNC(C)C)c(=O)n2C2CC2)C1. The summed E-state index contributed by atoms with van der Waals surface area (Å²) in [4.78, 5) is 15.3. The van der Waals surface area contributed by atoms with Crippen LogP contribution in [0.1, 0.15) is 56.5 Å². The summed E-state index contributed by atoms with van der Waals surface area (Å²) in [6.45, 7) is 10.3. The van der Waals surface area contributed by atoms with Crippen molar-refractivity contribution in [2.75, 3.05) is 13.1 Å². The van der Waals surface area contributed by atoms with E-state index in [1.807, 2.05) is 0 Å². The molecule has 0 spiro atoms. The van der Waals surface area contributed by atoms with Crippen LogP contribution in [0.2, 0.25) is 0 Å². The number of fused-ring (bicyclic) bond motifs is 1. The Labute approximate surface area is 127 Å². The van der Waals surface area contributed by atoms with Crippen LogP contribution < -0.4 is 10.9 Å². The summed E-state index contributed by atoms with van der Waals surface area (Å²) in [5.41, 5.74) is 3.86. The van der Waals surface area contributed by atoms with E-state index in [0.29, 0.717) is 18.6 Å². The fraction of sp³-hybridized carbons (Fsp3) is 0.706. The standard InChI is InChI=1S/C17H27N3O/c1-4-19-8-7-16-14(11-19)9-13(10-18-12(2)3)17(21)20(16)15-5-6-15/h9,12,15,18H,4-8,10-11H2,1-3H3. The molecule has 1 saturated carbocycles. The second kappa shape index (κ2) is 5.93. The first-order valence-corrected chi connectivity index (χ1v) is 8.32. The Bertz CT molecular complexity index is 572. The third kappa shape index (κ3) is 3.06. The molecule has 0 saturated heterocycles. The molecular weight excluding hydrogens is 262 g/mol. The molecule has 2 aliphatic rings. The minimum absolute atomic E-state index is 0.245. The minimum Gasteiger partial charge on any atom is -0.310 e. The van der Waals surface area contributed by atoms with Gasteiger partial charge in [0.05, 0.1) is 0 Å². The number of nitrogens with zero attached hydrogens (tertiary/aromatic N) is 2. The smallest absolute Gasteiger partial charge is 0.255 e. The van der Waals surface area contributed by atoms with E-state index in [1.165, 1.54) is 24.1 Å². The number of nitrogens with one attached hydrogen (secondary N) is 1. The molecule has 1 aromatic heterocycles. The predicted molar refractivity (Wildman–Crippen MR) is 85.6 cm³/mol. The van der Waals surface area contributed by atoms with Crippen molar-refractivity contribution in [3.63, 3.8) is 0 Å². The van der Waals surface area contributed by atoms with Crippen molar-refractivity contribution in [2.24, 2.45) is 0 Å². The summed E-state index contributed by atoms with van der Waals surface area (Å²) in [7, 11) is 0. The highest BCUT2D eigenvalue weighted by atomic mass is 16.1. The zero-order valence-electron chi connectivity index (χ0n) is 13.5. The Kier molecular flexibility index (Phi) is 4.18. The van der Waals surface area contributed by atoms with Gasteiger partial charge in [0, 0.05) is 49.4 Å². The van der Waals surface area contributed by atoms with Crippen LogP contribution in [-0.4, -0.2) is 28.6 Å². The average molecular weight is 289 g/mol. The van der Waals surface area contributed by atoms with Gasteiger partial charge in [0.15, 0.2) is 0 Å². The summed E-state index contributed by atoms with van der Waals surface area (Å²) in [6.07, 6.45) is 3.36. The molecule has 0 atom stereocenters. The third-order valence-corrected chi connectivity index (χ3v) is 4.62. The van der Waals surface area contributed by atoms with Gasteiger partial charge in [-0.2, -0.15) is 0 Å². The number of aromatic nitrogens is 1. The summed E-state index contributed by atoms with van der Waals surface area (Å²) >= 11 is 0. The number of hydrogen-bond donors (Lipinski definition) is 1. The largest absolute Gasteiger partial charge is 0.310 e. The molecule has 4 heteroatoms. The van der Waals surface area contributed by atoms with Crippen LogP contribution in [0.4, 0.5) is 0 Å². The van der Waals surface area contributed by atoms with E-state index >= 15 is 0 Å². The molecule has 3 rings (SSSR count). The summed E-state index contributed by atoms with van der Waals surface area (Å²) in [5.74, 6) is 0. The Morgan fingerprint density at radius 1 is 1.38 bits per heavy atom. The highest BCUT2D eigenvalue weighted by molar-refractivity contribution is 5.30. The van der Waals surface area contributed by atoms with Gasteiger partial charge in [-0.1, -0.05) is 20.8 Å². The quantitative estimate of drug-likeness (QED) is 0.901. The van der Waals surface area contributed by atoms with Gasteiger partial charge >= 0.3 is 0 Å². The maximum absolute atomic E-state index is 12.8. The molecular formula is C17H27N3O. The lowest BCUT2D eigenvalue weighted by molar-refractivity contribution is 0.261. The van der Waals surface area contributed by atoms with Crippen LogP contribution in [0, 0.1) is 0 Å². The minimum atomic E-state index is 0.245. The van der Waals surface area contributed by atoms with Crippen molar-refractivity contribution >= 4 is 0 Å². The molecule has 1 aliphatic carbocycles. The van der Waals surface area contributed by atoms with E-state index in [2.05, 4.69) is 41.6 Å². The average Bonchev–Trinajstić information content (AvgIpc) is 3.29. The van der Waals surface area contributed by atoms with Crippen molar-refractivity contribution in [3.8, 4) is 0 Å². The highest BCUT2D eigenvalue weighted by Crippen LogP contribution is 2.36. The molecule has 0 amide bonds. The molecule has 0 unspecified atom stereocenters. The monoisotopic (exact) mass is 289 g/mol. The first-order valence-electron chi connectivity index (χ1n) is 8.32. The van der Waals surface area contributed by atoms with E-state index < -0.39 is 0 Å². The first kappa shape index (κ1) is 14.8. The topological polar surface area (TPSA) is 37.3 Å².